The van der Waals surface area contributed by atoms with Crippen LogP contribution in [0.15, 0.2) is 22.7 Å². The first-order chi connectivity index (χ1) is 5.65. The summed E-state index contributed by atoms with van der Waals surface area (Å²) in [6, 6.07) is 5.60. The molecule has 72 valence electrons. The van der Waals surface area contributed by atoms with Gasteiger partial charge in [0.05, 0.1) is 6.54 Å². The summed E-state index contributed by atoms with van der Waals surface area (Å²) in [6.07, 6.45) is 0. The van der Waals surface area contributed by atoms with E-state index >= 15 is 0 Å². The summed E-state index contributed by atoms with van der Waals surface area (Å²) in [6.45, 7) is 1.96. The molecule has 2 N–H and O–H groups in total. The molecule has 13 heavy (non-hydrogen) atoms. The molecule has 0 heterocycles. The molecule has 0 amide bonds. The third-order valence-electron chi connectivity index (χ3n) is 1.69. The van der Waals surface area contributed by atoms with Crippen LogP contribution < -0.4 is 5.73 Å². The first kappa shape index (κ1) is 12.6. The summed E-state index contributed by atoms with van der Waals surface area (Å²) in [5.74, 6) is -0.0196. The van der Waals surface area contributed by atoms with Gasteiger partial charge < -0.3 is 5.73 Å². The van der Waals surface area contributed by atoms with Gasteiger partial charge in [-0.15, -0.1) is 12.4 Å². The average molecular weight is 265 g/mol. The molecule has 2 nitrogen and oxygen atoms in total. The molecule has 0 bridgehead atoms. The minimum Gasteiger partial charge on any atom is -0.324 e. The van der Waals surface area contributed by atoms with E-state index in [1.54, 1.807) is 6.07 Å². The molecule has 0 spiro atoms. The van der Waals surface area contributed by atoms with E-state index in [0.29, 0.717) is 5.56 Å². The number of benzene rings is 1. The van der Waals surface area contributed by atoms with E-state index in [2.05, 4.69) is 15.9 Å². The predicted octanol–water partition coefficient (Wildman–Crippen LogP) is 2.32. The number of halogens is 2. The maximum atomic E-state index is 11.2. The molecule has 0 aromatic heterocycles. The standard InChI is InChI=1S/C9H10BrNO.ClH/c1-6-2-3-7(10)4-8(6)9(12)5-11;/h2-4H,5,11H2,1H3;1H. The number of hydrogen-bond donors (Lipinski definition) is 1. The quantitative estimate of drug-likeness (QED) is 0.833. The molecule has 0 saturated carbocycles. The van der Waals surface area contributed by atoms with E-state index in [4.69, 9.17) is 5.73 Å². The topological polar surface area (TPSA) is 43.1 Å². The maximum Gasteiger partial charge on any atom is 0.176 e. The van der Waals surface area contributed by atoms with Crippen LogP contribution in [0.5, 0.6) is 0 Å². The van der Waals surface area contributed by atoms with Gasteiger partial charge in [0.25, 0.3) is 0 Å². The Balaban J connectivity index is 0.00000144. The molecule has 0 aliphatic rings. The van der Waals surface area contributed by atoms with Crippen LogP contribution >= 0.6 is 28.3 Å². The van der Waals surface area contributed by atoms with Crippen LogP contribution in [0.1, 0.15) is 15.9 Å². The summed E-state index contributed by atoms with van der Waals surface area (Å²) >= 11 is 3.30. The monoisotopic (exact) mass is 263 g/mol. The van der Waals surface area contributed by atoms with E-state index in [-0.39, 0.29) is 24.7 Å². The number of hydrogen-bond acceptors (Lipinski definition) is 2. The summed E-state index contributed by atoms with van der Waals surface area (Å²) in [5, 5.41) is 0. The van der Waals surface area contributed by atoms with Crippen molar-refractivity contribution in [3.8, 4) is 0 Å². The second kappa shape index (κ2) is 5.37. The largest absolute Gasteiger partial charge is 0.324 e. The van der Waals surface area contributed by atoms with Crippen molar-refractivity contribution in [3.05, 3.63) is 33.8 Å². The molecule has 0 saturated heterocycles. The minimum atomic E-state index is -0.0196. The minimum absolute atomic E-state index is 0. The van der Waals surface area contributed by atoms with Crippen molar-refractivity contribution in [3.63, 3.8) is 0 Å². The summed E-state index contributed by atoms with van der Waals surface area (Å²) in [7, 11) is 0. The smallest absolute Gasteiger partial charge is 0.176 e. The fourth-order valence-electron chi connectivity index (χ4n) is 1.00. The molecule has 1 rings (SSSR count). The van der Waals surface area contributed by atoms with Crippen LogP contribution in [0.25, 0.3) is 0 Å². The van der Waals surface area contributed by atoms with Crippen LogP contribution in [0.4, 0.5) is 0 Å². The van der Waals surface area contributed by atoms with Crippen LogP contribution in [-0.4, -0.2) is 12.3 Å². The second-order valence-electron chi connectivity index (χ2n) is 2.59. The highest BCUT2D eigenvalue weighted by molar-refractivity contribution is 9.10. The lowest BCUT2D eigenvalue weighted by molar-refractivity contribution is 0.100. The third-order valence-corrected chi connectivity index (χ3v) is 2.18. The molecule has 0 fully saturated rings. The van der Waals surface area contributed by atoms with E-state index in [9.17, 15) is 4.79 Å². The van der Waals surface area contributed by atoms with Gasteiger partial charge in [-0.3, -0.25) is 4.79 Å². The Bertz CT molecular complexity index is 314. The Labute approximate surface area is 92.0 Å². The Morgan fingerprint density at radius 1 is 1.54 bits per heavy atom. The Morgan fingerprint density at radius 2 is 2.15 bits per heavy atom. The van der Waals surface area contributed by atoms with Crippen molar-refractivity contribution in [2.75, 3.05) is 6.54 Å². The molecule has 0 aliphatic heterocycles. The molecule has 4 heteroatoms. The fraction of sp³-hybridized carbons (Fsp3) is 0.222. The van der Waals surface area contributed by atoms with E-state index in [1.165, 1.54) is 0 Å². The van der Waals surface area contributed by atoms with Gasteiger partial charge in [-0.2, -0.15) is 0 Å². The first-order valence-electron chi connectivity index (χ1n) is 3.64. The van der Waals surface area contributed by atoms with Crippen LogP contribution in [0, 0.1) is 6.92 Å². The highest BCUT2D eigenvalue weighted by atomic mass is 79.9. The lowest BCUT2D eigenvalue weighted by Gasteiger charge is -2.02. The normalized spacial score (nSPS) is 9.15. The molecule has 0 radical (unpaired) electrons. The fourth-order valence-corrected chi connectivity index (χ4v) is 1.37. The van der Waals surface area contributed by atoms with Crippen molar-refractivity contribution < 1.29 is 4.79 Å². The van der Waals surface area contributed by atoms with Crippen molar-refractivity contribution in [1.82, 2.24) is 0 Å². The maximum absolute atomic E-state index is 11.2. The molecular weight excluding hydrogens is 253 g/mol. The van der Waals surface area contributed by atoms with Crippen molar-refractivity contribution in [1.29, 1.82) is 0 Å². The van der Waals surface area contributed by atoms with E-state index in [0.717, 1.165) is 10.0 Å². The molecule has 0 unspecified atom stereocenters. The zero-order chi connectivity index (χ0) is 9.14. The van der Waals surface area contributed by atoms with E-state index < -0.39 is 0 Å². The molecule has 1 aromatic carbocycles. The second-order valence-corrected chi connectivity index (χ2v) is 3.50. The third kappa shape index (κ3) is 3.10. The summed E-state index contributed by atoms with van der Waals surface area (Å²) < 4.78 is 0.907. The van der Waals surface area contributed by atoms with Crippen molar-refractivity contribution >= 4 is 34.1 Å². The number of aryl methyl sites for hydroxylation is 1. The van der Waals surface area contributed by atoms with Crippen LogP contribution in [0.3, 0.4) is 0 Å². The summed E-state index contributed by atoms with van der Waals surface area (Å²) in [4.78, 5) is 11.2. The SMILES string of the molecule is Cc1ccc(Br)cc1C(=O)CN.Cl. The molecule has 0 aliphatic carbocycles. The lowest BCUT2D eigenvalue weighted by atomic mass is 10.1. The van der Waals surface area contributed by atoms with Crippen molar-refractivity contribution in [2.24, 2.45) is 5.73 Å². The van der Waals surface area contributed by atoms with Gasteiger partial charge in [0.2, 0.25) is 0 Å². The Morgan fingerprint density at radius 3 is 2.69 bits per heavy atom. The van der Waals surface area contributed by atoms with Gasteiger partial charge >= 0.3 is 0 Å². The van der Waals surface area contributed by atoms with Gasteiger partial charge in [-0.25, -0.2) is 0 Å². The first-order valence-corrected chi connectivity index (χ1v) is 4.44. The van der Waals surface area contributed by atoms with Gasteiger partial charge in [0, 0.05) is 10.0 Å². The predicted molar refractivity (Wildman–Crippen MR) is 59.5 cm³/mol. The van der Waals surface area contributed by atoms with Gasteiger partial charge in [-0.1, -0.05) is 22.0 Å². The van der Waals surface area contributed by atoms with Crippen molar-refractivity contribution in [2.45, 2.75) is 6.92 Å². The number of rotatable bonds is 2. The zero-order valence-corrected chi connectivity index (χ0v) is 9.61. The van der Waals surface area contributed by atoms with Crippen LogP contribution in [-0.2, 0) is 0 Å². The average Bonchev–Trinajstić information content (AvgIpc) is 2.08. The molecule has 0 atom stereocenters. The number of carbonyl (C=O) groups excluding carboxylic acids is 1. The highest BCUT2D eigenvalue weighted by Crippen LogP contribution is 2.15. The Hall–Kier alpha value is -0.380. The van der Waals surface area contributed by atoms with Gasteiger partial charge in [0.15, 0.2) is 5.78 Å². The number of nitrogens with two attached hydrogens (primary N) is 1. The van der Waals surface area contributed by atoms with Gasteiger partial charge in [0.1, 0.15) is 0 Å². The number of Topliss-reactive ketones (excluding diaryl/α,β-unsaturated/α-hetero) is 1. The Kier molecular flexibility index (Phi) is 5.21. The zero-order valence-electron chi connectivity index (χ0n) is 7.21. The lowest BCUT2D eigenvalue weighted by Crippen LogP contribution is -2.14. The number of ketones is 1. The van der Waals surface area contributed by atoms with Crippen LogP contribution in [0.2, 0.25) is 0 Å². The van der Waals surface area contributed by atoms with E-state index in [1.807, 2.05) is 19.1 Å². The summed E-state index contributed by atoms with van der Waals surface area (Å²) in [5.41, 5.74) is 6.93. The molecular formula is C9H11BrClNO. The number of carbonyl (C=O) groups is 1. The van der Waals surface area contributed by atoms with Gasteiger partial charge in [-0.05, 0) is 24.6 Å². The molecule has 1 aromatic rings. The highest BCUT2D eigenvalue weighted by Gasteiger charge is 2.06.